The highest BCUT2D eigenvalue weighted by atomic mass is 16.5. The van der Waals surface area contributed by atoms with Gasteiger partial charge in [-0.15, -0.1) is 0 Å². The number of imide groups is 1. The molecule has 1 aliphatic rings. The first-order chi connectivity index (χ1) is 9.91. The van der Waals surface area contributed by atoms with Crippen LogP contribution in [0.15, 0.2) is 36.4 Å². The van der Waals surface area contributed by atoms with E-state index in [-0.39, 0.29) is 18.7 Å². The minimum absolute atomic E-state index is 0.211. The summed E-state index contributed by atoms with van der Waals surface area (Å²) in [6.45, 7) is 4.36. The molecule has 21 heavy (non-hydrogen) atoms. The van der Waals surface area contributed by atoms with Crippen molar-refractivity contribution in [1.29, 1.82) is 0 Å². The number of esters is 1. The summed E-state index contributed by atoms with van der Waals surface area (Å²) < 4.78 is 4.79. The summed E-state index contributed by atoms with van der Waals surface area (Å²) in [4.78, 5) is 36.3. The van der Waals surface area contributed by atoms with Crippen molar-refractivity contribution in [2.75, 3.05) is 13.2 Å². The summed E-state index contributed by atoms with van der Waals surface area (Å²) in [5.41, 5.74) is 0.838. The van der Waals surface area contributed by atoms with Crippen molar-refractivity contribution in [2.45, 2.75) is 13.0 Å². The topological polar surface area (TPSA) is 83.9 Å². The summed E-state index contributed by atoms with van der Waals surface area (Å²) in [5.74, 6) is -1.54. The number of nitrogens with zero attached hydrogens (tertiary/aromatic N) is 1. The third kappa shape index (κ3) is 3.00. The smallest absolute Gasteiger partial charge is 0.333 e. The molecule has 0 saturated carbocycles. The van der Waals surface area contributed by atoms with Crippen LogP contribution in [0.25, 0.3) is 0 Å². The molecule has 1 aliphatic heterocycles. The Morgan fingerprint density at radius 1 is 1.29 bits per heavy atom. The number of hydrogen-bond donors (Lipinski definition) is 1. The van der Waals surface area contributed by atoms with Crippen LogP contribution in [0.5, 0.6) is 0 Å². The average molecular weight is 289 g/mol. The highest BCUT2D eigenvalue weighted by Gasteiger charge is 2.36. The van der Waals surface area contributed by atoms with E-state index in [1.165, 1.54) is 6.92 Å². The van der Waals surface area contributed by atoms with Crippen molar-refractivity contribution in [3.63, 3.8) is 0 Å². The molecule has 6 nitrogen and oxygen atoms in total. The monoisotopic (exact) mass is 289 g/mol. The lowest BCUT2D eigenvalue weighted by Crippen LogP contribution is -2.39. The number of aliphatic hydroxyl groups excluding tert-OH is 1. The molecule has 2 rings (SSSR count). The molecular formula is C15H15NO5. The van der Waals surface area contributed by atoms with Crippen LogP contribution in [-0.4, -0.2) is 47.0 Å². The van der Waals surface area contributed by atoms with Crippen molar-refractivity contribution in [3.8, 4) is 0 Å². The fourth-order valence-electron chi connectivity index (χ4n) is 1.96. The molecule has 0 aliphatic carbocycles. The van der Waals surface area contributed by atoms with Crippen LogP contribution < -0.4 is 0 Å². The van der Waals surface area contributed by atoms with Gasteiger partial charge in [0.2, 0.25) is 0 Å². The molecule has 110 valence electrons. The molecule has 0 radical (unpaired) electrons. The van der Waals surface area contributed by atoms with E-state index in [1.807, 2.05) is 0 Å². The highest BCUT2D eigenvalue weighted by Crippen LogP contribution is 2.22. The average Bonchev–Trinajstić information content (AvgIpc) is 2.70. The lowest BCUT2D eigenvalue weighted by atomic mass is 10.1. The predicted molar refractivity (Wildman–Crippen MR) is 73.6 cm³/mol. The maximum Gasteiger partial charge on any atom is 0.333 e. The van der Waals surface area contributed by atoms with Gasteiger partial charge in [0.1, 0.15) is 12.7 Å². The molecule has 0 bridgehead atoms. The summed E-state index contributed by atoms with van der Waals surface area (Å²) in [5, 5.41) is 9.80. The summed E-state index contributed by atoms with van der Waals surface area (Å²) in [6, 6.07) is 6.45. The van der Waals surface area contributed by atoms with Crippen molar-refractivity contribution in [2.24, 2.45) is 0 Å². The molecule has 0 fully saturated rings. The number of ether oxygens (including phenoxy) is 1. The number of amides is 2. The Morgan fingerprint density at radius 3 is 2.29 bits per heavy atom. The number of hydrogen-bond acceptors (Lipinski definition) is 5. The van der Waals surface area contributed by atoms with E-state index in [9.17, 15) is 19.5 Å². The number of rotatable bonds is 5. The minimum atomic E-state index is -1.14. The summed E-state index contributed by atoms with van der Waals surface area (Å²) in [6.07, 6.45) is -1.14. The molecule has 1 heterocycles. The number of β-amino-alcohol motifs (C(OH)–C–C–N with tert-alkyl or cyclic N) is 1. The summed E-state index contributed by atoms with van der Waals surface area (Å²) in [7, 11) is 0. The first-order valence-electron chi connectivity index (χ1n) is 6.37. The Morgan fingerprint density at radius 2 is 1.81 bits per heavy atom. The maximum atomic E-state index is 12.1. The van der Waals surface area contributed by atoms with E-state index in [2.05, 4.69) is 6.58 Å². The normalized spacial score (nSPS) is 14.9. The maximum absolute atomic E-state index is 12.1. The van der Waals surface area contributed by atoms with Gasteiger partial charge in [0.25, 0.3) is 11.8 Å². The van der Waals surface area contributed by atoms with Gasteiger partial charge in [-0.3, -0.25) is 14.5 Å². The van der Waals surface area contributed by atoms with Crippen LogP contribution in [0.4, 0.5) is 0 Å². The number of carbonyl (C=O) groups excluding carboxylic acids is 3. The molecule has 0 spiro atoms. The second-order valence-electron chi connectivity index (χ2n) is 4.80. The highest BCUT2D eigenvalue weighted by molar-refractivity contribution is 6.21. The number of benzene rings is 1. The third-order valence-electron chi connectivity index (χ3n) is 3.03. The van der Waals surface area contributed by atoms with E-state index in [0.29, 0.717) is 11.1 Å². The van der Waals surface area contributed by atoms with Crippen LogP contribution in [0.2, 0.25) is 0 Å². The van der Waals surface area contributed by atoms with E-state index in [4.69, 9.17) is 4.74 Å². The Labute approximate surface area is 121 Å². The Balaban J connectivity index is 1.98. The van der Waals surface area contributed by atoms with Gasteiger partial charge >= 0.3 is 5.97 Å². The number of fused-ring (bicyclic) bond motifs is 1. The zero-order valence-corrected chi connectivity index (χ0v) is 11.5. The van der Waals surface area contributed by atoms with Crippen LogP contribution >= 0.6 is 0 Å². The van der Waals surface area contributed by atoms with Crippen LogP contribution in [0, 0.1) is 0 Å². The quantitative estimate of drug-likeness (QED) is 0.491. The SMILES string of the molecule is C=C(C)C(=O)OCC(O)CN1C(=O)c2ccccc2C1=O. The van der Waals surface area contributed by atoms with Gasteiger partial charge in [-0.2, -0.15) is 0 Å². The Hall–Kier alpha value is -2.47. The molecule has 1 unspecified atom stereocenters. The molecule has 1 N–H and O–H groups in total. The standard InChI is InChI=1S/C15H15NO5/c1-9(2)15(20)21-8-10(17)7-16-13(18)11-5-3-4-6-12(11)14(16)19/h3-6,10,17H,1,7-8H2,2H3. The minimum Gasteiger partial charge on any atom is -0.460 e. The van der Waals surface area contributed by atoms with Gasteiger partial charge in [-0.1, -0.05) is 18.7 Å². The lowest BCUT2D eigenvalue weighted by molar-refractivity contribution is -0.141. The molecule has 6 heteroatoms. The number of carbonyl (C=O) groups is 3. The zero-order chi connectivity index (χ0) is 15.6. The molecule has 1 aromatic rings. The zero-order valence-electron chi connectivity index (χ0n) is 11.5. The Bertz CT molecular complexity index is 587. The summed E-state index contributed by atoms with van der Waals surface area (Å²) >= 11 is 0. The Kier molecular flexibility index (Phi) is 4.18. The molecule has 1 aromatic carbocycles. The molecule has 0 saturated heterocycles. The van der Waals surface area contributed by atoms with E-state index < -0.39 is 23.9 Å². The first-order valence-corrected chi connectivity index (χ1v) is 6.37. The largest absolute Gasteiger partial charge is 0.460 e. The third-order valence-corrected chi connectivity index (χ3v) is 3.03. The van der Waals surface area contributed by atoms with E-state index in [0.717, 1.165) is 4.90 Å². The van der Waals surface area contributed by atoms with E-state index in [1.54, 1.807) is 24.3 Å². The molecule has 0 aromatic heterocycles. The lowest BCUT2D eigenvalue weighted by Gasteiger charge is -2.18. The predicted octanol–water partition coefficient (Wildman–Crippen LogP) is 0.763. The van der Waals surface area contributed by atoms with Gasteiger partial charge in [0.15, 0.2) is 0 Å². The number of aliphatic hydroxyl groups is 1. The van der Waals surface area contributed by atoms with Gasteiger partial charge < -0.3 is 9.84 Å². The molecule has 1 atom stereocenters. The van der Waals surface area contributed by atoms with Gasteiger partial charge in [0.05, 0.1) is 17.7 Å². The van der Waals surface area contributed by atoms with Crippen LogP contribution in [0.1, 0.15) is 27.6 Å². The van der Waals surface area contributed by atoms with Crippen molar-refractivity contribution in [3.05, 3.63) is 47.5 Å². The van der Waals surface area contributed by atoms with Crippen LogP contribution in [0.3, 0.4) is 0 Å². The van der Waals surface area contributed by atoms with Gasteiger partial charge in [-0.25, -0.2) is 4.79 Å². The second kappa shape index (κ2) is 5.88. The van der Waals surface area contributed by atoms with Crippen molar-refractivity contribution in [1.82, 2.24) is 4.90 Å². The molecule has 2 amide bonds. The second-order valence-corrected chi connectivity index (χ2v) is 4.80. The van der Waals surface area contributed by atoms with Gasteiger partial charge in [-0.05, 0) is 19.1 Å². The first kappa shape index (κ1) is 14.9. The van der Waals surface area contributed by atoms with Gasteiger partial charge in [0, 0.05) is 5.57 Å². The fraction of sp³-hybridized carbons (Fsp3) is 0.267. The fourth-order valence-corrected chi connectivity index (χ4v) is 1.96. The van der Waals surface area contributed by atoms with Crippen molar-refractivity contribution >= 4 is 17.8 Å². The van der Waals surface area contributed by atoms with Crippen molar-refractivity contribution < 1.29 is 24.2 Å². The molecular weight excluding hydrogens is 274 g/mol. The van der Waals surface area contributed by atoms with E-state index >= 15 is 0 Å². The van der Waals surface area contributed by atoms with Crippen LogP contribution in [-0.2, 0) is 9.53 Å².